The molecular weight excluding hydrogens is 336 g/mol. The third-order valence-corrected chi connectivity index (χ3v) is 4.61. The lowest BCUT2D eigenvalue weighted by Crippen LogP contribution is -2.20. The minimum atomic E-state index is 0.433. The van der Waals surface area contributed by atoms with Crippen LogP contribution in [0.4, 0.5) is 0 Å². The van der Waals surface area contributed by atoms with E-state index in [0.717, 1.165) is 33.2 Å². The van der Waals surface area contributed by atoms with Gasteiger partial charge in [0.2, 0.25) is 0 Å². The number of thioether (sulfide) groups is 1. The van der Waals surface area contributed by atoms with Crippen LogP contribution in [-0.4, -0.2) is 30.2 Å². The van der Waals surface area contributed by atoms with Gasteiger partial charge in [-0.2, -0.15) is 0 Å². The molecule has 0 atom stereocenters. The first-order valence-electron chi connectivity index (χ1n) is 8.00. The molecule has 0 saturated carbocycles. The van der Waals surface area contributed by atoms with Crippen molar-refractivity contribution in [2.75, 3.05) is 19.5 Å². The number of oxime groups is 2. The van der Waals surface area contributed by atoms with Crippen molar-refractivity contribution in [3.8, 4) is 5.75 Å². The quantitative estimate of drug-likeness (QED) is 0.580. The van der Waals surface area contributed by atoms with Crippen molar-refractivity contribution in [2.45, 2.75) is 13.5 Å². The Hall–Kier alpha value is -2.47. The molecule has 0 radical (unpaired) electrons. The van der Waals surface area contributed by atoms with Crippen molar-refractivity contribution in [1.82, 2.24) is 0 Å². The molecule has 1 aliphatic heterocycles. The number of rotatable bonds is 6. The van der Waals surface area contributed by atoms with E-state index in [1.165, 1.54) is 7.11 Å². The van der Waals surface area contributed by atoms with Gasteiger partial charge >= 0.3 is 0 Å². The Bertz CT molecular complexity index is 790. The van der Waals surface area contributed by atoms with Crippen LogP contribution in [0.3, 0.4) is 0 Å². The third-order valence-electron chi connectivity index (χ3n) is 3.70. The van der Waals surface area contributed by atoms with Gasteiger partial charge in [-0.1, -0.05) is 64.5 Å². The van der Waals surface area contributed by atoms with E-state index in [4.69, 9.17) is 14.4 Å². The zero-order chi connectivity index (χ0) is 17.5. The molecule has 0 unspecified atom stereocenters. The molecule has 0 aliphatic carbocycles. The van der Waals surface area contributed by atoms with Gasteiger partial charge in [0.15, 0.2) is 5.04 Å². The molecule has 0 aromatic heterocycles. The Morgan fingerprint density at radius 1 is 1.20 bits per heavy atom. The number of benzene rings is 2. The minimum absolute atomic E-state index is 0.433. The Labute approximate surface area is 151 Å². The fraction of sp³-hybridized carbons (Fsp3) is 0.263. The number of hydrogen-bond acceptors (Lipinski definition) is 6. The van der Waals surface area contributed by atoms with E-state index in [1.807, 2.05) is 55.5 Å². The van der Waals surface area contributed by atoms with Crippen LogP contribution in [0.15, 0.2) is 58.8 Å². The van der Waals surface area contributed by atoms with E-state index in [2.05, 4.69) is 10.3 Å². The van der Waals surface area contributed by atoms with E-state index in [1.54, 1.807) is 11.8 Å². The van der Waals surface area contributed by atoms with Crippen molar-refractivity contribution >= 4 is 22.5 Å². The van der Waals surface area contributed by atoms with Gasteiger partial charge < -0.3 is 14.4 Å². The van der Waals surface area contributed by atoms with E-state index < -0.39 is 0 Å². The monoisotopic (exact) mass is 356 g/mol. The van der Waals surface area contributed by atoms with Crippen molar-refractivity contribution in [2.24, 2.45) is 10.3 Å². The molecule has 130 valence electrons. The first-order chi connectivity index (χ1) is 12.3. The van der Waals surface area contributed by atoms with Crippen molar-refractivity contribution in [3.63, 3.8) is 0 Å². The zero-order valence-electron chi connectivity index (χ0n) is 14.3. The number of ether oxygens (including phenoxy) is 1. The van der Waals surface area contributed by atoms with Crippen LogP contribution >= 0.6 is 11.8 Å². The topological polar surface area (TPSA) is 52.4 Å². The summed E-state index contributed by atoms with van der Waals surface area (Å²) in [6, 6.07) is 15.9. The maximum Gasteiger partial charge on any atom is 0.165 e. The van der Waals surface area contributed by atoms with Crippen LogP contribution in [-0.2, 0) is 16.3 Å². The van der Waals surface area contributed by atoms with Crippen molar-refractivity contribution in [1.29, 1.82) is 0 Å². The smallest absolute Gasteiger partial charge is 0.165 e. The molecule has 0 spiro atoms. The average Bonchev–Trinajstić information content (AvgIpc) is 2.66. The summed E-state index contributed by atoms with van der Waals surface area (Å²) in [4.78, 5) is 10.3. The molecule has 0 N–H and O–H groups in total. The molecule has 1 aliphatic rings. The summed E-state index contributed by atoms with van der Waals surface area (Å²) in [7, 11) is 1.53. The molecule has 6 heteroatoms. The maximum absolute atomic E-state index is 6.01. The largest absolute Gasteiger partial charge is 0.489 e. The lowest BCUT2D eigenvalue weighted by molar-refractivity contribution is 0.160. The highest BCUT2D eigenvalue weighted by Crippen LogP contribution is 2.22. The highest BCUT2D eigenvalue weighted by atomic mass is 32.2. The second-order valence-corrected chi connectivity index (χ2v) is 6.50. The first kappa shape index (κ1) is 17.4. The summed E-state index contributed by atoms with van der Waals surface area (Å²) >= 11 is 1.61. The molecule has 25 heavy (non-hydrogen) atoms. The predicted molar refractivity (Wildman–Crippen MR) is 101 cm³/mol. The van der Waals surface area contributed by atoms with Crippen LogP contribution in [0.5, 0.6) is 5.75 Å². The van der Waals surface area contributed by atoms with Gasteiger partial charge in [-0.05, 0) is 24.1 Å². The van der Waals surface area contributed by atoms with Crippen molar-refractivity contribution in [3.05, 3.63) is 65.2 Å². The van der Waals surface area contributed by atoms with Gasteiger partial charge in [-0.15, -0.1) is 0 Å². The molecule has 2 aromatic rings. The SMILES string of the molecule is CO/N=C(/C1=NOCCS1)c1ccccc1COc1ccccc1C. The molecule has 3 rings (SSSR count). The fourth-order valence-electron chi connectivity index (χ4n) is 2.46. The lowest BCUT2D eigenvalue weighted by atomic mass is 10.0. The van der Waals surface area contributed by atoms with Gasteiger partial charge in [-0.25, -0.2) is 0 Å². The number of para-hydroxylation sites is 1. The molecule has 2 aromatic carbocycles. The highest BCUT2D eigenvalue weighted by Gasteiger charge is 2.20. The second-order valence-electron chi connectivity index (χ2n) is 5.41. The van der Waals surface area contributed by atoms with E-state index >= 15 is 0 Å². The normalized spacial score (nSPS) is 14.5. The third kappa shape index (κ3) is 4.33. The summed E-state index contributed by atoms with van der Waals surface area (Å²) in [5.41, 5.74) is 3.70. The van der Waals surface area contributed by atoms with Gasteiger partial charge in [0.25, 0.3) is 0 Å². The minimum Gasteiger partial charge on any atom is -0.489 e. The lowest BCUT2D eigenvalue weighted by Gasteiger charge is -2.16. The summed E-state index contributed by atoms with van der Waals surface area (Å²) in [5, 5.41) is 9.03. The standard InChI is InChI=1S/C19H20N2O3S/c1-14-7-3-6-10-17(14)23-13-15-8-4-5-9-16(15)18(20-22-2)19-21-24-11-12-25-19/h3-10H,11-13H2,1-2H3/b20-18+. The molecule has 1 heterocycles. The van der Waals surface area contributed by atoms with Crippen LogP contribution in [0, 0.1) is 6.92 Å². The average molecular weight is 356 g/mol. The summed E-state index contributed by atoms with van der Waals surface area (Å²) in [5.74, 6) is 1.71. The van der Waals surface area contributed by atoms with Crippen LogP contribution in [0.1, 0.15) is 16.7 Å². The predicted octanol–water partition coefficient (Wildman–Crippen LogP) is 4.00. The molecule has 0 fully saturated rings. The number of nitrogens with zero attached hydrogens (tertiary/aromatic N) is 2. The summed E-state index contributed by atoms with van der Waals surface area (Å²) in [6.07, 6.45) is 0. The van der Waals surface area contributed by atoms with E-state index in [0.29, 0.717) is 18.9 Å². The molecule has 0 amide bonds. The maximum atomic E-state index is 6.01. The molecule has 5 nitrogen and oxygen atoms in total. The van der Waals surface area contributed by atoms with Crippen LogP contribution in [0.2, 0.25) is 0 Å². The summed E-state index contributed by atoms with van der Waals surface area (Å²) < 4.78 is 6.01. The number of aryl methyl sites for hydroxylation is 1. The van der Waals surface area contributed by atoms with Gasteiger partial charge in [0.1, 0.15) is 31.8 Å². The zero-order valence-corrected chi connectivity index (χ0v) is 15.1. The number of hydrogen-bond donors (Lipinski definition) is 0. The Kier molecular flexibility index (Phi) is 5.95. The Balaban J connectivity index is 1.87. The van der Waals surface area contributed by atoms with Gasteiger partial charge in [0, 0.05) is 11.3 Å². The molecule has 0 bridgehead atoms. The fourth-order valence-corrected chi connectivity index (χ4v) is 3.20. The van der Waals surface area contributed by atoms with E-state index in [9.17, 15) is 0 Å². The van der Waals surface area contributed by atoms with E-state index in [-0.39, 0.29) is 0 Å². The van der Waals surface area contributed by atoms with Crippen molar-refractivity contribution < 1.29 is 14.4 Å². The highest BCUT2D eigenvalue weighted by molar-refractivity contribution is 8.15. The Morgan fingerprint density at radius 2 is 2.00 bits per heavy atom. The second kappa shape index (κ2) is 8.58. The first-order valence-corrected chi connectivity index (χ1v) is 8.99. The van der Waals surface area contributed by atoms with Crippen LogP contribution < -0.4 is 4.74 Å². The summed E-state index contributed by atoms with van der Waals surface area (Å²) in [6.45, 7) is 3.07. The molecular formula is C19H20N2O3S. The Morgan fingerprint density at radius 3 is 2.76 bits per heavy atom. The van der Waals surface area contributed by atoms with Gasteiger partial charge in [-0.3, -0.25) is 0 Å². The molecule has 0 saturated heterocycles. The van der Waals surface area contributed by atoms with Gasteiger partial charge in [0.05, 0.1) is 0 Å². The van der Waals surface area contributed by atoms with Crippen LogP contribution in [0.25, 0.3) is 0 Å².